The van der Waals surface area contributed by atoms with Crippen molar-refractivity contribution in [3.63, 3.8) is 0 Å². The van der Waals surface area contributed by atoms with Gasteiger partial charge in [0.2, 0.25) is 0 Å². The molecule has 2 aromatic rings. The number of aliphatic hydroxyl groups excluding tert-OH is 1. The number of benzene rings is 1. The lowest BCUT2D eigenvalue weighted by molar-refractivity contribution is 0.271. The molecule has 0 amide bonds. The van der Waals surface area contributed by atoms with Gasteiger partial charge in [-0.1, -0.05) is 33.8 Å². The number of nitrogens with zero attached hydrogens (tertiary/aromatic N) is 2. The van der Waals surface area contributed by atoms with Crippen LogP contribution in [0.1, 0.15) is 11.3 Å². The first-order valence-corrected chi connectivity index (χ1v) is 7.08. The molecule has 0 fully saturated rings. The molecule has 0 atom stereocenters. The van der Waals surface area contributed by atoms with Gasteiger partial charge in [0.15, 0.2) is 5.16 Å². The Morgan fingerprint density at radius 2 is 2.28 bits per heavy atom. The van der Waals surface area contributed by atoms with Gasteiger partial charge in [-0.05, 0) is 17.7 Å². The van der Waals surface area contributed by atoms with E-state index in [1.54, 1.807) is 24.0 Å². The largest absolute Gasteiger partial charge is 0.390 e. The lowest BCUT2D eigenvalue weighted by atomic mass is 10.2. The average molecular weight is 331 g/mol. The second-order valence-electron chi connectivity index (χ2n) is 3.77. The van der Waals surface area contributed by atoms with Crippen molar-refractivity contribution in [2.24, 2.45) is 7.05 Å². The Labute approximate surface area is 117 Å². The molecule has 18 heavy (non-hydrogen) atoms. The number of halogens is 2. The van der Waals surface area contributed by atoms with E-state index in [9.17, 15) is 4.39 Å². The van der Waals surface area contributed by atoms with Gasteiger partial charge in [0.25, 0.3) is 0 Å². The van der Waals surface area contributed by atoms with Crippen molar-refractivity contribution >= 4 is 27.7 Å². The van der Waals surface area contributed by atoms with Crippen molar-refractivity contribution in [3.8, 4) is 0 Å². The predicted octanol–water partition coefficient (Wildman–Crippen LogP) is 3.11. The van der Waals surface area contributed by atoms with Crippen molar-refractivity contribution in [3.05, 3.63) is 45.9 Å². The molecule has 1 heterocycles. The van der Waals surface area contributed by atoms with Crippen LogP contribution in [0.15, 0.2) is 34.0 Å². The number of thioether (sulfide) groups is 1. The van der Waals surface area contributed by atoms with Gasteiger partial charge < -0.3 is 9.67 Å². The summed E-state index contributed by atoms with van der Waals surface area (Å²) in [6, 6.07) is 4.65. The molecule has 6 heteroatoms. The second-order valence-corrected chi connectivity index (χ2v) is 5.57. The van der Waals surface area contributed by atoms with E-state index in [0.717, 1.165) is 20.9 Å². The van der Waals surface area contributed by atoms with Crippen LogP contribution in [-0.4, -0.2) is 14.7 Å². The third kappa shape index (κ3) is 2.93. The third-order valence-corrected chi connectivity index (χ3v) is 4.41. The Hall–Kier alpha value is -0.850. The molecule has 0 radical (unpaired) electrons. The molecular formula is C12H12BrFN2OS. The fourth-order valence-corrected chi connectivity index (χ4v) is 3.14. The highest BCUT2D eigenvalue weighted by atomic mass is 79.9. The summed E-state index contributed by atoms with van der Waals surface area (Å²) in [7, 11) is 1.86. The predicted molar refractivity (Wildman–Crippen MR) is 72.8 cm³/mol. The van der Waals surface area contributed by atoms with Gasteiger partial charge in [0.1, 0.15) is 5.82 Å². The van der Waals surface area contributed by atoms with Gasteiger partial charge >= 0.3 is 0 Å². The minimum Gasteiger partial charge on any atom is -0.390 e. The molecule has 2 rings (SSSR count). The monoisotopic (exact) mass is 330 g/mol. The van der Waals surface area contributed by atoms with Crippen molar-refractivity contribution in [2.75, 3.05) is 0 Å². The summed E-state index contributed by atoms with van der Waals surface area (Å²) in [5, 5.41) is 9.90. The zero-order chi connectivity index (χ0) is 13.1. The van der Waals surface area contributed by atoms with Gasteiger partial charge in [-0.25, -0.2) is 9.37 Å². The molecular weight excluding hydrogens is 319 g/mol. The average Bonchev–Trinajstić information content (AvgIpc) is 2.69. The van der Waals surface area contributed by atoms with E-state index in [1.807, 2.05) is 11.6 Å². The minimum absolute atomic E-state index is 0.0235. The van der Waals surface area contributed by atoms with Crippen LogP contribution >= 0.6 is 27.7 Å². The molecule has 3 nitrogen and oxygen atoms in total. The summed E-state index contributed by atoms with van der Waals surface area (Å²) in [4.78, 5) is 4.23. The van der Waals surface area contributed by atoms with Gasteiger partial charge in [-0.3, -0.25) is 0 Å². The Kier molecular flexibility index (Phi) is 4.42. The lowest BCUT2D eigenvalue weighted by Gasteiger charge is -2.05. The standard InChI is InChI=1S/C12H12BrFN2OS/c1-16-10(6-17)5-15-12(16)18-7-8-2-3-9(14)4-11(8)13/h2-5,17H,6-7H2,1H3. The highest BCUT2D eigenvalue weighted by molar-refractivity contribution is 9.10. The first kappa shape index (κ1) is 13.6. The van der Waals surface area contributed by atoms with Crippen LogP contribution in [0.3, 0.4) is 0 Å². The number of aliphatic hydroxyl groups is 1. The van der Waals surface area contributed by atoms with Crippen molar-refractivity contribution in [2.45, 2.75) is 17.5 Å². The third-order valence-electron chi connectivity index (χ3n) is 2.58. The number of aromatic nitrogens is 2. The number of imidazole rings is 1. The summed E-state index contributed by atoms with van der Waals surface area (Å²) >= 11 is 4.88. The molecule has 0 spiro atoms. The van der Waals surface area contributed by atoms with Crippen molar-refractivity contribution < 1.29 is 9.50 Å². The van der Waals surface area contributed by atoms with Gasteiger partial charge in [-0.2, -0.15) is 0 Å². The van der Waals surface area contributed by atoms with Crippen LogP contribution in [0, 0.1) is 5.82 Å². The zero-order valence-electron chi connectivity index (χ0n) is 9.73. The van der Waals surface area contributed by atoms with E-state index in [0.29, 0.717) is 5.75 Å². The summed E-state index contributed by atoms with van der Waals surface area (Å²) in [5.41, 5.74) is 1.78. The first-order chi connectivity index (χ1) is 8.61. The Balaban J connectivity index is 2.09. The zero-order valence-corrected chi connectivity index (χ0v) is 12.1. The quantitative estimate of drug-likeness (QED) is 0.875. The van der Waals surface area contributed by atoms with E-state index in [-0.39, 0.29) is 12.4 Å². The maximum atomic E-state index is 12.9. The van der Waals surface area contributed by atoms with Crippen LogP contribution in [0.2, 0.25) is 0 Å². The molecule has 0 saturated heterocycles. The minimum atomic E-state index is -0.254. The Bertz CT molecular complexity index is 559. The van der Waals surface area contributed by atoms with Gasteiger partial charge in [0, 0.05) is 17.3 Å². The molecule has 0 aliphatic rings. The highest BCUT2D eigenvalue weighted by Crippen LogP contribution is 2.27. The van der Waals surface area contributed by atoms with Gasteiger partial charge in [-0.15, -0.1) is 0 Å². The van der Waals surface area contributed by atoms with Crippen LogP contribution < -0.4 is 0 Å². The molecule has 1 aromatic heterocycles. The molecule has 0 aliphatic heterocycles. The van der Waals surface area contributed by atoms with Crippen molar-refractivity contribution in [1.29, 1.82) is 0 Å². The van der Waals surface area contributed by atoms with Crippen LogP contribution in [-0.2, 0) is 19.4 Å². The summed E-state index contributed by atoms with van der Waals surface area (Å²) in [6.45, 7) is -0.0235. The van der Waals surface area contributed by atoms with E-state index in [4.69, 9.17) is 5.11 Å². The van der Waals surface area contributed by atoms with E-state index in [2.05, 4.69) is 20.9 Å². The maximum absolute atomic E-state index is 12.9. The fraction of sp³-hybridized carbons (Fsp3) is 0.250. The van der Waals surface area contributed by atoms with E-state index < -0.39 is 0 Å². The summed E-state index contributed by atoms with van der Waals surface area (Å²) in [6.07, 6.45) is 1.65. The fourth-order valence-electron chi connectivity index (χ4n) is 1.49. The lowest BCUT2D eigenvalue weighted by Crippen LogP contribution is -1.97. The van der Waals surface area contributed by atoms with Crippen LogP contribution in [0.4, 0.5) is 4.39 Å². The Morgan fingerprint density at radius 1 is 1.50 bits per heavy atom. The number of rotatable bonds is 4. The van der Waals surface area contributed by atoms with Gasteiger partial charge in [0.05, 0.1) is 18.5 Å². The molecule has 0 aliphatic carbocycles. The molecule has 0 unspecified atom stereocenters. The SMILES string of the molecule is Cn1c(CO)cnc1SCc1ccc(F)cc1Br. The molecule has 0 bridgehead atoms. The summed E-state index contributed by atoms with van der Waals surface area (Å²) in [5.74, 6) is 0.437. The normalized spacial score (nSPS) is 10.9. The smallest absolute Gasteiger partial charge is 0.168 e. The highest BCUT2D eigenvalue weighted by Gasteiger charge is 2.08. The molecule has 0 saturated carbocycles. The first-order valence-electron chi connectivity index (χ1n) is 5.30. The molecule has 96 valence electrons. The van der Waals surface area contributed by atoms with E-state index >= 15 is 0 Å². The second kappa shape index (κ2) is 5.86. The van der Waals surface area contributed by atoms with Crippen LogP contribution in [0.5, 0.6) is 0 Å². The van der Waals surface area contributed by atoms with Crippen molar-refractivity contribution in [1.82, 2.24) is 9.55 Å². The Morgan fingerprint density at radius 3 is 2.89 bits per heavy atom. The van der Waals surface area contributed by atoms with E-state index in [1.165, 1.54) is 12.1 Å². The molecule has 1 aromatic carbocycles. The molecule has 1 N–H and O–H groups in total. The van der Waals surface area contributed by atoms with Crippen LogP contribution in [0.25, 0.3) is 0 Å². The maximum Gasteiger partial charge on any atom is 0.168 e. The summed E-state index contributed by atoms with van der Waals surface area (Å²) < 4.78 is 15.5. The number of hydrogen-bond donors (Lipinski definition) is 1. The topological polar surface area (TPSA) is 38.0 Å². The number of hydrogen-bond acceptors (Lipinski definition) is 3.